The molecule has 0 aliphatic carbocycles. The van der Waals surface area contributed by atoms with Crippen molar-refractivity contribution >= 4 is 31.4 Å². The van der Waals surface area contributed by atoms with E-state index in [1.165, 1.54) is 7.11 Å². The van der Waals surface area contributed by atoms with E-state index in [-0.39, 0.29) is 19.6 Å². The predicted molar refractivity (Wildman–Crippen MR) is 192 cm³/mol. The molecular formula is C38H44NO9P. The van der Waals surface area contributed by atoms with Crippen LogP contribution in [0.15, 0.2) is 78.9 Å². The van der Waals surface area contributed by atoms with E-state index in [4.69, 9.17) is 32.7 Å². The van der Waals surface area contributed by atoms with Crippen LogP contribution in [0.3, 0.4) is 0 Å². The second-order valence-electron chi connectivity index (χ2n) is 10.8. The summed E-state index contributed by atoms with van der Waals surface area (Å²) in [5, 5.41) is 3.36. The fourth-order valence-electron chi connectivity index (χ4n) is 5.24. The number of aryl methyl sites for hydroxylation is 1. The van der Waals surface area contributed by atoms with Gasteiger partial charge in [-0.25, -0.2) is 0 Å². The number of methoxy groups -OCH3 is 4. The number of ether oxygens (including phenoxy) is 5. The summed E-state index contributed by atoms with van der Waals surface area (Å²) in [6.45, 7) is 6.00. The predicted octanol–water partition coefficient (Wildman–Crippen LogP) is 8.72. The molecule has 11 heteroatoms. The second kappa shape index (κ2) is 17.6. The van der Waals surface area contributed by atoms with Crippen LogP contribution in [0.1, 0.15) is 47.4 Å². The highest BCUT2D eigenvalue weighted by molar-refractivity contribution is 7.54. The van der Waals surface area contributed by atoms with E-state index in [0.717, 1.165) is 27.8 Å². The molecule has 0 aliphatic rings. The van der Waals surface area contributed by atoms with Gasteiger partial charge in [0.05, 0.1) is 48.1 Å². The zero-order chi connectivity index (χ0) is 35.4. The van der Waals surface area contributed by atoms with Crippen molar-refractivity contribution in [2.75, 3.05) is 47.0 Å². The van der Waals surface area contributed by atoms with Gasteiger partial charge in [0.2, 0.25) is 5.75 Å². The Labute approximate surface area is 288 Å². The molecule has 0 aromatic heterocycles. The van der Waals surface area contributed by atoms with Gasteiger partial charge in [-0.15, -0.1) is 0 Å². The summed E-state index contributed by atoms with van der Waals surface area (Å²) in [4.78, 5) is 13.1. The van der Waals surface area contributed by atoms with Crippen LogP contribution in [-0.4, -0.2) is 47.6 Å². The van der Waals surface area contributed by atoms with Gasteiger partial charge in [0.15, 0.2) is 28.8 Å². The van der Waals surface area contributed by atoms with E-state index in [1.54, 1.807) is 47.3 Å². The molecule has 1 N–H and O–H groups in total. The van der Waals surface area contributed by atoms with Gasteiger partial charge in [0, 0.05) is 5.69 Å². The number of carbonyl (C=O) groups excluding carboxylic acids is 1. The normalized spacial score (nSPS) is 12.0. The zero-order valence-electron chi connectivity index (χ0n) is 29.0. The van der Waals surface area contributed by atoms with Gasteiger partial charge in [-0.05, 0) is 85.0 Å². The summed E-state index contributed by atoms with van der Waals surface area (Å²) in [5.41, 5.74) is 4.81. The quantitative estimate of drug-likeness (QED) is 0.0500. The van der Waals surface area contributed by atoms with Gasteiger partial charge in [-0.1, -0.05) is 54.6 Å². The summed E-state index contributed by atoms with van der Waals surface area (Å²) in [5.74, 6) is 1.11. The Morgan fingerprint density at radius 3 is 1.90 bits per heavy atom. The van der Waals surface area contributed by atoms with E-state index in [1.807, 2.05) is 85.8 Å². The molecule has 0 bridgehead atoms. The maximum atomic E-state index is 13.9. The lowest BCUT2D eigenvalue weighted by atomic mass is 10.1. The van der Waals surface area contributed by atoms with Crippen molar-refractivity contribution in [1.29, 1.82) is 0 Å². The molecule has 0 aliphatic heterocycles. The van der Waals surface area contributed by atoms with Crippen LogP contribution in [0.5, 0.6) is 28.7 Å². The van der Waals surface area contributed by atoms with Gasteiger partial charge < -0.3 is 38.0 Å². The van der Waals surface area contributed by atoms with Crippen molar-refractivity contribution in [2.45, 2.75) is 33.0 Å². The smallest absolute Gasteiger partial charge is 0.357 e. The van der Waals surface area contributed by atoms with Gasteiger partial charge in [0.1, 0.15) is 0 Å². The van der Waals surface area contributed by atoms with Crippen molar-refractivity contribution in [3.05, 3.63) is 107 Å². The van der Waals surface area contributed by atoms with Crippen molar-refractivity contribution < 1.29 is 42.1 Å². The van der Waals surface area contributed by atoms with Crippen LogP contribution in [0.4, 0.5) is 5.69 Å². The molecule has 0 saturated carbocycles. The third-order valence-electron chi connectivity index (χ3n) is 7.59. The van der Waals surface area contributed by atoms with Crippen molar-refractivity contribution in [1.82, 2.24) is 0 Å². The second-order valence-corrected chi connectivity index (χ2v) is 12.9. The van der Waals surface area contributed by atoms with Crippen molar-refractivity contribution in [3.63, 3.8) is 0 Å². The highest BCUT2D eigenvalue weighted by Gasteiger charge is 2.37. The number of esters is 1. The van der Waals surface area contributed by atoms with Gasteiger partial charge in [-0.3, -0.25) is 9.36 Å². The van der Waals surface area contributed by atoms with Gasteiger partial charge in [-0.2, -0.15) is 0 Å². The lowest BCUT2D eigenvalue weighted by Gasteiger charge is -2.29. The molecule has 4 rings (SSSR count). The molecule has 1 atom stereocenters. The molecular weight excluding hydrogens is 645 g/mol. The Morgan fingerprint density at radius 1 is 0.735 bits per heavy atom. The molecule has 260 valence electrons. The van der Waals surface area contributed by atoms with Crippen LogP contribution in [-0.2, 0) is 24.8 Å². The highest BCUT2D eigenvalue weighted by Crippen LogP contribution is 2.61. The molecule has 49 heavy (non-hydrogen) atoms. The Kier molecular flexibility index (Phi) is 13.3. The largest absolute Gasteiger partial charge is 0.493 e. The minimum Gasteiger partial charge on any atom is -0.493 e. The molecule has 4 aromatic rings. The van der Waals surface area contributed by atoms with Crippen LogP contribution in [0, 0.1) is 6.92 Å². The molecule has 1 unspecified atom stereocenters. The molecule has 0 heterocycles. The van der Waals surface area contributed by atoms with Crippen LogP contribution >= 0.6 is 7.60 Å². The maximum Gasteiger partial charge on any atom is 0.357 e. The van der Waals surface area contributed by atoms with Crippen molar-refractivity contribution in [3.8, 4) is 28.7 Å². The lowest BCUT2D eigenvalue weighted by molar-refractivity contribution is -0.133. The Bertz CT molecular complexity index is 1750. The summed E-state index contributed by atoms with van der Waals surface area (Å²) in [7, 11) is 2.62. The summed E-state index contributed by atoms with van der Waals surface area (Å²) >= 11 is 0. The van der Waals surface area contributed by atoms with E-state index >= 15 is 0 Å². The fourth-order valence-corrected chi connectivity index (χ4v) is 7.27. The third-order valence-corrected chi connectivity index (χ3v) is 9.87. The standard InChI is InChI=1S/C38H44NO9P/c1-8-46-49(41,47-9-2)38(31-13-11-10-12-26(31)3)39-30-19-16-28(17-20-30)25-36(40)48-33-22-27(18-21-32(33)42-4)14-15-29-23-34(43-5)37(45-7)35(24-29)44-6/h10-24,38-39H,8-9,25H2,1-7H3/b15-14-. The molecule has 0 radical (unpaired) electrons. The van der Waals surface area contributed by atoms with E-state index in [0.29, 0.717) is 34.4 Å². The summed E-state index contributed by atoms with van der Waals surface area (Å²) < 4.78 is 52.9. The number of anilines is 1. The minimum absolute atomic E-state index is 0.0204. The lowest BCUT2D eigenvalue weighted by Crippen LogP contribution is -2.16. The Hall–Kier alpha value is -4.76. The third kappa shape index (κ3) is 9.44. The molecule has 0 spiro atoms. The fraction of sp³-hybridized carbons (Fsp3) is 0.289. The topological polar surface area (TPSA) is 111 Å². The van der Waals surface area contributed by atoms with Gasteiger partial charge >= 0.3 is 13.6 Å². The SMILES string of the molecule is CCOP(=O)(OCC)C(Nc1ccc(CC(=O)Oc2cc(/C=C\c3cc(OC)c(OC)c(OC)c3)ccc2OC)cc1)c1ccccc1C. The first-order chi connectivity index (χ1) is 23.7. The number of hydrogen-bond acceptors (Lipinski definition) is 10. The summed E-state index contributed by atoms with van der Waals surface area (Å²) in [6.07, 6.45) is 3.79. The first-order valence-electron chi connectivity index (χ1n) is 15.8. The summed E-state index contributed by atoms with van der Waals surface area (Å²) in [6, 6.07) is 24.0. The van der Waals surface area contributed by atoms with Crippen LogP contribution in [0.2, 0.25) is 0 Å². The highest BCUT2D eigenvalue weighted by atomic mass is 31.2. The molecule has 0 amide bonds. The number of nitrogens with one attached hydrogen (secondary N) is 1. The van der Waals surface area contributed by atoms with Crippen molar-refractivity contribution in [2.24, 2.45) is 0 Å². The zero-order valence-corrected chi connectivity index (χ0v) is 29.9. The number of hydrogen-bond donors (Lipinski definition) is 1. The van der Waals surface area contributed by atoms with Crippen LogP contribution < -0.4 is 29.0 Å². The Morgan fingerprint density at radius 2 is 1.33 bits per heavy atom. The molecule has 4 aromatic carbocycles. The Balaban J connectivity index is 1.49. The molecule has 10 nitrogen and oxygen atoms in total. The van der Waals surface area contributed by atoms with E-state index < -0.39 is 19.3 Å². The number of rotatable bonds is 17. The van der Waals surface area contributed by atoms with Gasteiger partial charge in [0.25, 0.3) is 0 Å². The molecule has 0 saturated heterocycles. The average molecular weight is 690 g/mol. The average Bonchev–Trinajstić information content (AvgIpc) is 3.10. The van der Waals surface area contributed by atoms with Crippen LogP contribution in [0.25, 0.3) is 12.2 Å². The minimum atomic E-state index is -3.58. The number of carbonyl (C=O) groups is 1. The maximum absolute atomic E-state index is 13.9. The molecule has 0 fully saturated rings. The van der Waals surface area contributed by atoms with E-state index in [2.05, 4.69) is 5.32 Å². The van der Waals surface area contributed by atoms with E-state index in [9.17, 15) is 9.36 Å². The monoisotopic (exact) mass is 689 g/mol. The first kappa shape index (κ1) is 37.1. The number of benzene rings is 4. The first-order valence-corrected chi connectivity index (χ1v) is 17.5.